The number of anilines is 2. The number of benzene rings is 1. The Morgan fingerprint density at radius 1 is 0.971 bits per heavy atom. The average Bonchev–Trinajstić information content (AvgIpc) is 3.64. The predicted molar refractivity (Wildman–Crippen MR) is 138 cm³/mol. The van der Waals surface area contributed by atoms with E-state index in [1.807, 2.05) is 33.7 Å². The quantitative estimate of drug-likeness (QED) is 0.417. The number of fused-ring (bicyclic) bond motifs is 1. The summed E-state index contributed by atoms with van der Waals surface area (Å²) in [5.41, 5.74) is 4.81. The van der Waals surface area contributed by atoms with Crippen molar-refractivity contribution in [3.8, 4) is 5.69 Å². The van der Waals surface area contributed by atoms with E-state index < -0.39 is 0 Å². The van der Waals surface area contributed by atoms with Crippen LogP contribution in [0.3, 0.4) is 0 Å². The smallest absolute Gasteiger partial charge is 0.230 e. The van der Waals surface area contributed by atoms with Gasteiger partial charge in [0.2, 0.25) is 11.9 Å². The Morgan fingerprint density at radius 2 is 1.77 bits per heavy atom. The van der Waals surface area contributed by atoms with E-state index >= 15 is 0 Å². The second kappa shape index (κ2) is 8.98. The highest BCUT2D eigenvalue weighted by molar-refractivity contribution is 5.56. The van der Waals surface area contributed by atoms with Gasteiger partial charge in [-0.05, 0) is 54.7 Å². The molecule has 182 valence electrons. The zero-order valence-electron chi connectivity index (χ0n) is 20.7. The highest BCUT2D eigenvalue weighted by Crippen LogP contribution is 2.46. The molecule has 0 radical (unpaired) electrons. The Hall–Kier alpha value is -3.42. The topological polar surface area (TPSA) is 76.2 Å². The Balaban J connectivity index is 1.31. The minimum Gasteiger partial charge on any atom is -0.350 e. The minimum absolute atomic E-state index is 0.340. The number of piperidine rings is 1. The lowest BCUT2D eigenvalue weighted by molar-refractivity contribution is 0.225. The van der Waals surface area contributed by atoms with Crippen molar-refractivity contribution in [3.05, 3.63) is 60.0 Å². The van der Waals surface area contributed by atoms with Gasteiger partial charge in [0.25, 0.3) is 0 Å². The molecule has 1 aliphatic carbocycles. The molecule has 0 bridgehead atoms. The lowest BCUT2D eigenvalue weighted by Crippen LogP contribution is -2.40. The van der Waals surface area contributed by atoms with Crippen LogP contribution in [0.1, 0.15) is 69.4 Å². The lowest BCUT2D eigenvalue weighted by atomic mass is 9.77. The molecule has 2 aliphatic rings. The number of nitrogens with one attached hydrogen (secondary N) is 1. The van der Waals surface area contributed by atoms with Gasteiger partial charge in [0, 0.05) is 37.6 Å². The molecule has 4 heterocycles. The molecule has 2 fully saturated rings. The molecule has 1 N–H and O–H groups in total. The Kier molecular flexibility index (Phi) is 5.66. The number of hydrogen-bond acceptors (Lipinski definition) is 6. The molecule has 3 aromatic heterocycles. The standard InChI is InChI=1S/C27H34N8/c1-20(2)22-19-30-35-24(22)31-26(33-16-12-27(13-17-33)10-5-6-11-27)32-25(35)28-18-21-8-3-4-9-23(21)34-15-7-14-29-34/h3-4,7-9,14-15,19-20H,5-6,10-13,16-18H2,1-2H3,(H,28,31,32). The molecule has 4 aromatic rings. The van der Waals surface area contributed by atoms with Gasteiger partial charge < -0.3 is 10.2 Å². The molecule has 1 saturated carbocycles. The summed E-state index contributed by atoms with van der Waals surface area (Å²) >= 11 is 0. The van der Waals surface area contributed by atoms with Crippen LogP contribution in [0, 0.1) is 5.41 Å². The molecule has 8 heteroatoms. The van der Waals surface area contributed by atoms with E-state index in [2.05, 4.69) is 52.5 Å². The summed E-state index contributed by atoms with van der Waals surface area (Å²) in [6.07, 6.45) is 13.8. The van der Waals surface area contributed by atoms with E-state index in [-0.39, 0.29) is 0 Å². The van der Waals surface area contributed by atoms with Crippen LogP contribution in [0.5, 0.6) is 0 Å². The molecule has 35 heavy (non-hydrogen) atoms. The van der Waals surface area contributed by atoms with Crippen LogP contribution in [-0.4, -0.2) is 42.5 Å². The molecule has 0 atom stereocenters. The van der Waals surface area contributed by atoms with Crippen molar-refractivity contribution >= 4 is 17.5 Å². The van der Waals surface area contributed by atoms with Crippen molar-refractivity contribution in [3.63, 3.8) is 0 Å². The minimum atomic E-state index is 0.340. The summed E-state index contributed by atoms with van der Waals surface area (Å²) < 4.78 is 3.76. The van der Waals surface area contributed by atoms with Crippen LogP contribution < -0.4 is 10.2 Å². The number of aromatic nitrogens is 6. The van der Waals surface area contributed by atoms with E-state index in [0.29, 0.717) is 17.9 Å². The Morgan fingerprint density at radius 3 is 2.51 bits per heavy atom. The largest absolute Gasteiger partial charge is 0.350 e. The summed E-state index contributed by atoms with van der Waals surface area (Å²) in [5, 5.41) is 12.6. The third-order valence-electron chi connectivity index (χ3n) is 7.96. The summed E-state index contributed by atoms with van der Waals surface area (Å²) in [5.74, 6) is 1.88. The fourth-order valence-corrected chi connectivity index (χ4v) is 5.82. The van der Waals surface area contributed by atoms with Gasteiger partial charge in [-0.1, -0.05) is 44.9 Å². The zero-order valence-corrected chi connectivity index (χ0v) is 20.7. The molecular formula is C27H34N8. The molecule has 6 rings (SSSR count). The first-order valence-corrected chi connectivity index (χ1v) is 12.9. The molecule has 0 unspecified atom stereocenters. The zero-order chi connectivity index (χ0) is 23.8. The van der Waals surface area contributed by atoms with Crippen molar-refractivity contribution in [2.24, 2.45) is 5.41 Å². The molecular weight excluding hydrogens is 436 g/mol. The Labute approximate surface area is 206 Å². The summed E-state index contributed by atoms with van der Waals surface area (Å²) in [7, 11) is 0. The van der Waals surface area contributed by atoms with Crippen LogP contribution in [0.2, 0.25) is 0 Å². The van der Waals surface area contributed by atoms with Crippen LogP contribution in [0.25, 0.3) is 11.3 Å². The van der Waals surface area contributed by atoms with Crippen LogP contribution in [-0.2, 0) is 6.54 Å². The van der Waals surface area contributed by atoms with Gasteiger partial charge in [0.05, 0.1) is 11.9 Å². The number of hydrogen-bond donors (Lipinski definition) is 1. The van der Waals surface area contributed by atoms with Gasteiger partial charge in [0.15, 0.2) is 5.65 Å². The highest BCUT2D eigenvalue weighted by atomic mass is 15.4. The van der Waals surface area contributed by atoms with Gasteiger partial charge in [0.1, 0.15) is 0 Å². The van der Waals surface area contributed by atoms with Crippen molar-refractivity contribution in [2.75, 3.05) is 23.3 Å². The van der Waals surface area contributed by atoms with E-state index in [1.165, 1.54) is 38.5 Å². The number of rotatable bonds is 6. The fourth-order valence-electron chi connectivity index (χ4n) is 5.82. The molecule has 0 amide bonds. The molecule has 1 spiro atoms. The van der Waals surface area contributed by atoms with E-state index in [0.717, 1.165) is 47.4 Å². The third kappa shape index (κ3) is 4.15. The van der Waals surface area contributed by atoms with Crippen LogP contribution in [0.15, 0.2) is 48.9 Å². The van der Waals surface area contributed by atoms with Gasteiger partial charge in [-0.25, -0.2) is 4.68 Å². The van der Waals surface area contributed by atoms with Crippen LogP contribution >= 0.6 is 0 Å². The first-order valence-electron chi connectivity index (χ1n) is 12.9. The summed E-state index contributed by atoms with van der Waals surface area (Å²) in [6, 6.07) is 10.2. The Bertz CT molecular complexity index is 1290. The second-order valence-electron chi connectivity index (χ2n) is 10.5. The molecule has 1 aromatic carbocycles. The van der Waals surface area contributed by atoms with Gasteiger partial charge >= 0.3 is 0 Å². The van der Waals surface area contributed by atoms with Crippen molar-refractivity contribution in [1.82, 2.24) is 29.4 Å². The van der Waals surface area contributed by atoms with Crippen molar-refractivity contribution < 1.29 is 0 Å². The first-order chi connectivity index (χ1) is 17.1. The molecule has 1 saturated heterocycles. The van der Waals surface area contributed by atoms with E-state index in [1.54, 1.807) is 6.20 Å². The third-order valence-corrected chi connectivity index (χ3v) is 7.96. The number of para-hydroxylation sites is 1. The monoisotopic (exact) mass is 470 g/mol. The van der Waals surface area contributed by atoms with E-state index in [9.17, 15) is 0 Å². The fraction of sp³-hybridized carbons (Fsp3) is 0.481. The SMILES string of the molecule is CC(C)c1cnn2c(NCc3ccccc3-n3cccn3)nc(N3CCC4(CCCC4)CC3)nc12. The molecule has 1 aliphatic heterocycles. The van der Waals surface area contributed by atoms with Gasteiger partial charge in [-0.15, -0.1) is 0 Å². The summed E-state index contributed by atoms with van der Waals surface area (Å²) in [6.45, 7) is 7.06. The van der Waals surface area contributed by atoms with E-state index in [4.69, 9.17) is 9.97 Å². The van der Waals surface area contributed by atoms with Crippen molar-refractivity contribution in [1.29, 1.82) is 0 Å². The molecule has 8 nitrogen and oxygen atoms in total. The van der Waals surface area contributed by atoms with Gasteiger partial charge in [-0.3, -0.25) is 0 Å². The maximum atomic E-state index is 5.03. The summed E-state index contributed by atoms with van der Waals surface area (Å²) in [4.78, 5) is 12.4. The van der Waals surface area contributed by atoms with Gasteiger partial charge in [-0.2, -0.15) is 24.7 Å². The average molecular weight is 471 g/mol. The van der Waals surface area contributed by atoms with Crippen molar-refractivity contribution in [2.45, 2.75) is 64.8 Å². The lowest BCUT2D eigenvalue weighted by Gasteiger charge is -2.39. The predicted octanol–water partition coefficient (Wildman–Crippen LogP) is 5.21. The normalized spacial score (nSPS) is 17.6. The highest BCUT2D eigenvalue weighted by Gasteiger charge is 2.37. The number of nitrogens with zero attached hydrogens (tertiary/aromatic N) is 7. The second-order valence-corrected chi connectivity index (χ2v) is 10.5. The first kappa shape index (κ1) is 22.1. The maximum Gasteiger partial charge on any atom is 0.230 e. The maximum absolute atomic E-state index is 5.03. The van der Waals surface area contributed by atoms with Crippen LogP contribution in [0.4, 0.5) is 11.9 Å².